The van der Waals surface area contributed by atoms with Crippen LogP contribution in [0.3, 0.4) is 0 Å². The molecular formula is C14H24N2O. The van der Waals surface area contributed by atoms with Crippen molar-refractivity contribution in [3.05, 3.63) is 0 Å². The van der Waals surface area contributed by atoms with Crippen molar-refractivity contribution in [2.24, 2.45) is 22.7 Å². The Labute approximate surface area is 105 Å². The molecule has 0 heterocycles. The first-order chi connectivity index (χ1) is 7.71. The minimum Gasteiger partial charge on any atom is -0.354 e. The van der Waals surface area contributed by atoms with Crippen LogP contribution in [0.5, 0.6) is 0 Å². The molecule has 0 aromatic carbocycles. The summed E-state index contributed by atoms with van der Waals surface area (Å²) < 4.78 is 0. The Morgan fingerprint density at radius 3 is 2.41 bits per heavy atom. The van der Waals surface area contributed by atoms with Crippen molar-refractivity contribution < 1.29 is 4.79 Å². The van der Waals surface area contributed by atoms with Crippen LogP contribution in [0.25, 0.3) is 0 Å². The van der Waals surface area contributed by atoms with Gasteiger partial charge in [-0.2, -0.15) is 5.26 Å². The van der Waals surface area contributed by atoms with Gasteiger partial charge in [-0.1, -0.05) is 34.6 Å². The van der Waals surface area contributed by atoms with Gasteiger partial charge in [-0.3, -0.25) is 4.79 Å². The van der Waals surface area contributed by atoms with Crippen LogP contribution in [0.4, 0.5) is 0 Å². The van der Waals surface area contributed by atoms with E-state index in [9.17, 15) is 4.79 Å². The molecule has 0 saturated heterocycles. The van der Waals surface area contributed by atoms with Crippen molar-refractivity contribution in [3.8, 4) is 6.07 Å². The van der Waals surface area contributed by atoms with Crippen LogP contribution >= 0.6 is 0 Å². The summed E-state index contributed by atoms with van der Waals surface area (Å²) in [6, 6.07) is 2.20. The molecule has 1 rings (SSSR count). The van der Waals surface area contributed by atoms with E-state index in [4.69, 9.17) is 5.26 Å². The summed E-state index contributed by atoms with van der Waals surface area (Å²) >= 11 is 0. The van der Waals surface area contributed by atoms with Crippen molar-refractivity contribution >= 4 is 5.91 Å². The average Bonchev–Trinajstić information content (AvgIpc) is 2.18. The molecule has 0 spiro atoms. The van der Waals surface area contributed by atoms with E-state index >= 15 is 0 Å². The van der Waals surface area contributed by atoms with Gasteiger partial charge in [-0.05, 0) is 30.1 Å². The smallest absolute Gasteiger partial charge is 0.240 e. The number of rotatable bonds is 3. The summed E-state index contributed by atoms with van der Waals surface area (Å²) in [6.07, 6.45) is 1.42. The lowest BCUT2D eigenvalue weighted by atomic mass is 9.63. The second-order valence-corrected chi connectivity index (χ2v) is 6.68. The van der Waals surface area contributed by atoms with Crippen LogP contribution in [-0.2, 0) is 4.79 Å². The Kier molecular flexibility index (Phi) is 3.86. The van der Waals surface area contributed by atoms with Crippen LogP contribution in [0, 0.1) is 34.0 Å². The molecule has 1 saturated carbocycles. The van der Waals surface area contributed by atoms with Crippen molar-refractivity contribution in [1.82, 2.24) is 5.32 Å². The molecule has 1 atom stereocenters. The van der Waals surface area contributed by atoms with Crippen LogP contribution in [0.2, 0.25) is 0 Å². The quantitative estimate of drug-likeness (QED) is 0.819. The number of amides is 1. The van der Waals surface area contributed by atoms with E-state index in [1.54, 1.807) is 0 Å². The zero-order chi connectivity index (χ0) is 13.3. The summed E-state index contributed by atoms with van der Waals surface area (Å²) in [5.41, 5.74) is -0.559. The van der Waals surface area contributed by atoms with Gasteiger partial charge in [0.25, 0.3) is 0 Å². The fourth-order valence-electron chi connectivity index (χ4n) is 2.18. The molecule has 1 unspecified atom stereocenters. The molecule has 3 nitrogen and oxygen atoms in total. The molecule has 17 heavy (non-hydrogen) atoms. The van der Waals surface area contributed by atoms with E-state index in [-0.39, 0.29) is 11.3 Å². The number of nitriles is 1. The van der Waals surface area contributed by atoms with Crippen molar-refractivity contribution in [2.45, 2.75) is 47.5 Å². The topological polar surface area (TPSA) is 52.9 Å². The number of hydrogen-bond donors (Lipinski definition) is 1. The highest BCUT2D eigenvalue weighted by atomic mass is 16.2. The molecular weight excluding hydrogens is 212 g/mol. The molecule has 0 aliphatic heterocycles. The fourth-order valence-corrected chi connectivity index (χ4v) is 2.18. The minimum atomic E-state index is -0.739. The summed E-state index contributed by atoms with van der Waals surface area (Å²) in [7, 11) is 0. The Hall–Kier alpha value is -1.04. The molecule has 0 aromatic rings. The third kappa shape index (κ3) is 3.00. The summed E-state index contributed by atoms with van der Waals surface area (Å²) in [5.74, 6) is 0.828. The van der Waals surface area contributed by atoms with Gasteiger partial charge < -0.3 is 5.32 Å². The van der Waals surface area contributed by atoms with Gasteiger partial charge in [0.05, 0.1) is 6.07 Å². The molecule has 0 bridgehead atoms. The molecule has 1 amide bonds. The zero-order valence-corrected chi connectivity index (χ0v) is 11.6. The summed E-state index contributed by atoms with van der Waals surface area (Å²) in [4.78, 5) is 12.0. The number of nitrogens with zero attached hydrogens (tertiary/aromatic N) is 1. The van der Waals surface area contributed by atoms with E-state index in [0.717, 1.165) is 0 Å². The highest BCUT2D eigenvalue weighted by molar-refractivity contribution is 5.86. The predicted octanol–water partition coefficient (Wildman–Crippen LogP) is 2.72. The van der Waals surface area contributed by atoms with Crippen molar-refractivity contribution in [2.75, 3.05) is 6.54 Å². The van der Waals surface area contributed by atoms with Gasteiger partial charge in [0.2, 0.25) is 5.91 Å². The first-order valence-corrected chi connectivity index (χ1v) is 6.41. The summed E-state index contributed by atoms with van der Waals surface area (Å²) in [5, 5.41) is 12.1. The lowest BCUT2D eigenvalue weighted by Gasteiger charge is -2.39. The van der Waals surface area contributed by atoms with Crippen LogP contribution in [0.15, 0.2) is 0 Å². The zero-order valence-electron chi connectivity index (χ0n) is 11.6. The van der Waals surface area contributed by atoms with Crippen molar-refractivity contribution in [1.29, 1.82) is 5.26 Å². The lowest BCUT2D eigenvalue weighted by molar-refractivity contribution is -0.134. The number of hydrogen-bond acceptors (Lipinski definition) is 2. The van der Waals surface area contributed by atoms with E-state index in [0.29, 0.717) is 31.2 Å². The Morgan fingerprint density at radius 2 is 2.06 bits per heavy atom. The van der Waals surface area contributed by atoms with Gasteiger partial charge in [-0.25, -0.2) is 0 Å². The third-order valence-electron chi connectivity index (χ3n) is 4.09. The highest BCUT2D eigenvalue weighted by Crippen LogP contribution is 2.45. The molecule has 0 aromatic heterocycles. The molecule has 3 heteroatoms. The maximum atomic E-state index is 12.0. The first kappa shape index (κ1) is 14.0. The van der Waals surface area contributed by atoms with Crippen LogP contribution < -0.4 is 5.32 Å². The summed E-state index contributed by atoms with van der Waals surface area (Å²) in [6.45, 7) is 11.4. The number of carbonyl (C=O) groups is 1. The molecule has 0 radical (unpaired) electrons. The second-order valence-electron chi connectivity index (χ2n) is 6.68. The second kappa shape index (κ2) is 4.68. The normalized spacial score (nSPS) is 30.0. The van der Waals surface area contributed by atoms with Gasteiger partial charge in [0.15, 0.2) is 0 Å². The molecule has 1 aliphatic carbocycles. The Bertz CT molecular complexity index is 329. The maximum Gasteiger partial charge on any atom is 0.240 e. The molecule has 96 valence electrons. The van der Waals surface area contributed by atoms with Gasteiger partial charge in [0.1, 0.15) is 5.41 Å². The average molecular weight is 236 g/mol. The maximum absolute atomic E-state index is 12.0. The fraction of sp³-hybridized carbons (Fsp3) is 0.857. The minimum absolute atomic E-state index is 0.0748. The lowest BCUT2D eigenvalue weighted by Crippen LogP contribution is -2.49. The van der Waals surface area contributed by atoms with E-state index in [1.165, 1.54) is 0 Å². The van der Waals surface area contributed by atoms with Gasteiger partial charge in [-0.15, -0.1) is 0 Å². The van der Waals surface area contributed by atoms with E-state index < -0.39 is 5.41 Å². The van der Waals surface area contributed by atoms with E-state index in [1.807, 2.05) is 0 Å². The largest absolute Gasteiger partial charge is 0.354 e. The highest BCUT2D eigenvalue weighted by Gasteiger charge is 2.48. The van der Waals surface area contributed by atoms with E-state index in [2.05, 4.69) is 46.0 Å². The third-order valence-corrected chi connectivity index (χ3v) is 4.09. The molecule has 1 fully saturated rings. The molecule has 1 aliphatic rings. The molecule has 1 N–H and O–H groups in total. The Balaban J connectivity index is 2.49. The predicted molar refractivity (Wildman–Crippen MR) is 68.1 cm³/mol. The van der Waals surface area contributed by atoms with Crippen LogP contribution in [0.1, 0.15) is 47.5 Å². The van der Waals surface area contributed by atoms with Gasteiger partial charge in [0, 0.05) is 6.54 Å². The first-order valence-electron chi connectivity index (χ1n) is 6.41. The number of nitrogens with one attached hydrogen (secondary N) is 1. The standard InChI is InChI=1S/C14H24N2O/c1-10-6-14(7-10,9-15)12(17)16-8-11(2)13(3,4)5/h10-11H,6-8H2,1-5H3,(H,16,17). The van der Waals surface area contributed by atoms with Gasteiger partial charge >= 0.3 is 0 Å². The number of carbonyl (C=O) groups excluding carboxylic acids is 1. The monoisotopic (exact) mass is 236 g/mol. The Morgan fingerprint density at radius 1 is 1.53 bits per heavy atom. The SMILES string of the molecule is CC1CC(C#N)(C(=O)NCC(C)C(C)(C)C)C1. The van der Waals surface area contributed by atoms with Crippen LogP contribution in [-0.4, -0.2) is 12.5 Å². The van der Waals surface area contributed by atoms with Crippen molar-refractivity contribution in [3.63, 3.8) is 0 Å².